The van der Waals surface area contributed by atoms with Crippen LogP contribution in [0.2, 0.25) is 0 Å². The van der Waals surface area contributed by atoms with Crippen LogP contribution in [0.15, 0.2) is 144 Å². The van der Waals surface area contributed by atoms with Gasteiger partial charge in [0.25, 0.3) is 0 Å². The number of aromatic nitrogens is 1. The van der Waals surface area contributed by atoms with E-state index in [2.05, 4.69) is 20.5 Å². The van der Waals surface area contributed by atoms with Crippen molar-refractivity contribution in [2.75, 3.05) is 31.5 Å². The third kappa shape index (κ3) is 8.58. The first-order valence-corrected chi connectivity index (χ1v) is 19.0. The summed E-state index contributed by atoms with van der Waals surface area (Å²) in [5.74, 6) is 0.0541. The molecule has 1 aliphatic heterocycles. The van der Waals surface area contributed by atoms with Crippen LogP contribution in [0, 0.1) is 5.92 Å². The summed E-state index contributed by atoms with van der Waals surface area (Å²) in [6.07, 6.45) is 0.269. The van der Waals surface area contributed by atoms with E-state index >= 15 is 0 Å². The van der Waals surface area contributed by atoms with Crippen molar-refractivity contribution in [3.8, 4) is 5.75 Å². The predicted molar refractivity (Wildman–Crippen MR) is 219 cm³/mol. The largest absolute Gasteiger partial charge is 0.487 e. The molecule has 0 spiro atoms. The standard InChI is InChI=1S/C46H47N5O5/c47-45(55)46(34-12-6-2-7-13-34,35-14-8-3-9-15-35)36-24-26-51(30-36)27-25-43(54)49-37-18-16-32(17-19-37)28-48-29-40(52)38-20-22-41(44-39(38)21-23-42(53)50-44)56-31-33-10-4-1-5-11-33/h1-23,36,40,48,52H,24-31H2,(H2,47,55)(H,49,54)(H,50,53)/t36-,40-/m1/s1. The minimum absolute atomic E-state index is 0.0367. The summed E-state index contributed by atoms with van der Waals surface area (Å²) in [6.45, 7) is 3.13. The first-order chi connectivity index (χ1) is 27.3. The second kappa shape index (κ2) is 17.6. The van der Waals surface area contributed by atoms with Gasteiger partial charge in [-0.1, -0.05) is 109 Å². The van der Waals surface area contributed by atoms with Crippen LogP contribution < -0.4 is 26.7 Å². The van der Waals surface area contributed by atoms with E-state index in [9.17, 15) is 19.5 Å². The molecule has 1 aliphatic rings. The summed E-state index contributed by atoms with van der Waals surface area (Å²) in [5, 5.41) is 18.2. The number of nitrogens with one attached hydrogen (secondary N) is 3. The zero-order valence-electron chi connectivity index (χ0n) is 31.2. The Labute approximate surface area is 326 Å². The molecule has 1 fully saturated rings. The lowest BCUT2D eigenvalue weighted by Gasteiger charge is -2.37. The van der Waals surface area contributed by atoms with Crippen LogP contribution in [0.3, 0.4) is 0 Å². The van der Waals surface area contributed by atoms with Crippen molar-refractivity contribution in [1.82, 2.24) is 15.2 Å². The topological polar surface area (TPSA) is 150 Å². The minimum Gasteiger partial charge on any atom is -0.487 e. The highest BCUT2D eigenvalue weighted by Gasteiger charge is 2.49. The number of nitrogens with two attached hydrogens (primary N) is 1. The smallest absolute Gasteiger partial charge is 0.248 e. The molecule has 56 heavy (non-hydrogen) atoms. The Kier molecular flexibility index (Phi) is 12.0. The maximum Gasteiger partial charge on any atom is 0.248 e. The predicted octanol–water partition coefficient (Wildman–Crippen LogP) is 6.05. The molecule has 0 aliphatic carbocycles. The van der Waals surface area contributed by atoms with Crippen LogP contribution in [0.25, 0.3) is 10.9 Å². The van der Waals surface area contributed by atoms with Crippen molar-refractivity contribution < 1.29 is 19.4 Å². The molecule has 1 aromatic heterocycles. The molecule has 2 heterocycles. The number of aromatic amines is 1. The molecule has 6 aromatic rings. The third-order valence-electron chi connectivity index (χ3n) is 10.8. The summed E-state index contributed by atoms with van der Waals surface area (Å²) in [4.78, 5) is 43.7. The molecule has 286 valence electrons. The van der Waals surface area contributed by atoms with E-state index in [1.54, 1.807) is 12.1 Å². The van der Waals surface area contributed by atoms with Crippen LogP contribution in [0.4, 0.5) is 5.69 Å². The fourth-order valence-corrected chi connectivity index (χ4v) is 7.96. The molecule has 0 saturated carbocycles. The first-order valence-electron chi connectivity index (χ1n) is 19.0. The second-order valence-electron chi connectivity index (χ2n) is 14.4. The summed E-state index contributed by atoms with van der Waals surface area (Å²) in [6, 6.07) is 43.8. The molecule has 0 radical (unpaired) electrons. The van der Waals surface area contributed by atoms with Crippen LogP contribution >= 0.6 is 0 Å². The van der Waals surface area contributed by atoms with Gasteiger partial charge in [-0.3, -0.25) is 14.4 Å². The number of ether oxygens (including phenoxy) is 1. The number of nitrogens with zero attached hydrogens (tertiary/aromatic N) is 1. The number of carbonyl (C=O) groups excluding carboxylic acids is 2. The van der Waals surface area contributed by atoms with Gasteiger partial charge in [-0.15, -0.1) is 0 Å². The van der Waals surface area contributed by atoms with E-state index in [4.69, 9.17) is 10.5 Å². The average Bonchev–Trinajstić information content (AvgIpc) is 3.70. The van der Waals surface area contributed by atoms with Crippen molar-refractivity contribution in [2.24, 2.45) is 11.7 Å². The van der Waals surface area contributed by atoms with E-state index in [1.807, 2.05) is 121 Å². The number of benzene rings is 5. The van der Waals surface area contributed by atoms with E-state index in [1.165, 1.54) is 6.07 Å². The lowest BCUT2D eigenvalue weighted by atomic mass is 9.64. The van der Waals surface area contributed by atoms with Gasteiger partial charge in [0, 0.05) is 49.7 Å². The highest BCUT2D eigenvalue weighted by atomic mass is 16.5. The Bertz CT molecular complexity index is 2260. The third-order valence-corrected chi connectivity index (χ3v) is 10.8. The van der Waals surface area contributed by atoms with Crippen molar-refractivity contribution in [1.29, 1.82) is 0 Å². The molecule has 7 rings (SSSR count). The molecule has 5 aromatic carbocycles. The Hall–Kier alpha value is -6.07. The summed E-state index contributed by atoms with van der Waals surface area (Å²) >= 11 is 0. The Morgan fingerprint density at radius 3 is 2.16 bits per heavy atom. The molecular weight excluding hydrogens is 703 g/mol. The molecule has 1 saturated heterocycles. The van der Waals surface area contributed by atoms with Crippen molar-refractivity contribution in [2.45, 2.75) is 37.5 Å². The molecule has 0 unspecified atom stereocenters. The number of hydrogen-bond donors (Lipinski definition) is 5. The molecule has 6 N–H and O–H groups in total. The highest BCUT2D eigenvalue weighted by molar-refractivity contribution is 5.92. The molecular formula is C46H47N5O5. The maximum atomic E-state index is 13.4. The van der Waals surface area contributed by atoms with Gasteiger partial charge in [0.2, 0.25) is 17.4 Å². The molecule has 2 atom stereocenters. The van der Waals surface area contributed by atoms with Crippen molar-refractivity contribution >= 4 is 28.4 Å². The van der Waals surface area contributed by atoms with Crippen LogP contribution in [-0.4, -0.2) is 53.0 Å². The minimum atomic E-state index is -0.964. The van der Waals surface area contributed by atoms with Gasteiger partial charge in [0.1, 0.15) is 17.8 Å². The lowest BCUT2D eigenvalue weighted by Crippen LogP contribution is -2.49. The Morgan fingerprint density at radius 2 is 1.50 bits per heavy atom. The number of fused-ring (bicyclic) bond motifs is 1. The van der Waals surface area contributed by atoms with Crippen LogP contribution in [0.5, 0.6) is 5.75 Å². The average molecular weight is 750 g/mol. The van der Waals surface area contributed by atoms with Gasteiger partial charge >= 0.3 is 0 Å². The van der Waals surface area contributed by atoms with E-state index in [0.717, 1.165) is 35.2 Å². The molecule has 2 amide bonds. The summed E-state index contributed by atoms with van der Waals surface area (Å²) < 4.78 is 6.04. The number of anilines is 1. The SMILES string of the molecule is NC(=O)C(c1ccccc1)(c1ccccc1)[C@@H]1CCN(CCC(=O)Nc2ccc(CNC[C@@H](O)c3ccc(OCc4ccccc4)c4[nH]c(=O)ccc34)cc2)C1. The number of aliphatic hydroxyl groups is 1. The fraction of sp³-hybridized carbons (Fsp3) is 0.239. The zero-order valence-corrected chi connectivity index (χ0v) is 31.2. The fourth-order valence-electron chi connectivity index (χ4n) is 7.96. The van der Waals surface area contributed by atoms with Gasteiger partial charge in [0.15, 0.2) is 0 Å². The highest BCUT2D eigenvalue weighted by Crippen LogP contribution is 2.43. The monoisotopic (exact) mass is 749 g/mol. The quantitative estimate of drug-likeness (QED) is 0.0809. The number of pyridine rings is 1. The number of amides is 2. The van der Waals surface area contributed by atoms with E-state index < -0.39 is 11.5 Å². The second-order valence-corrected chi connectivity index (χ2v) is 14.4. The Balaban J connectivity index is 0.900. The number of H-pyrrole nitrogens is 1. The van der Waals surface area contributed by atoms with E-state index in [0.29, 0.717) is 60.6 Å². The van der Waals surface area contributed by atoms with Gasteiger partial charge in [-0.05, 0) is 71.0 Å². The Morgan fingerprint density at radius 1 is 0.839 bits per heavy atom. The van der Waals surface area contributed by atoms with E-state index in [-0.39, 0.29) is 29.8 Å². The van der Waals surface area contributed by atoms with Crippen LogP contribution in [-0.2, 0) is 28.2 Å². The maximum absolute atomic E-state index is 13.4. The van der Waals surface area contributed by atoms with Gasteiger partial charge in [0.05, 0.1) is 11.6 Å². The summed E-state index contributed by atoms with van der Waals surface area (Å²) in [7, 11) is 0. The lowest BCUT2D eigenvalue weighted by molar-refractivity contribution is -0.124. The number of aliphatic hydroxyl groups excluding tert-OH is 1. The number of carbonyl (C=O) groups is 2. The van der Waals surface area contributed by atoms with Crippen molar-refractivity contribution in [3.05, 3.63) is 178 Å². The van der Waals surface area contributed by atoms with Gasteiger partial charge in [-0.25, -0.2) is 0 Å². The molecule has 0 bridgehead atoms. The number of primary amides is 1. The summed E-state index contributed by atoms with van der Waals surface area (Å²) in [5.41, 5.74) is 10.7. The number of rotatable bonds is 16. The molecule has 10 nitrogen and oxygen atoms in total. The van der Waals surface area contributed by atoms with Gasteiger partial charge < -0.3 is 36.1 Å². The van der Waals surface area contributed by atoms with Crippen molar-refractivity contribution in [3.63, 3.8) is 0 Å². The normalized spacial score (nSPS) is 15.1. The first kappa shape index (κ1) is 38.2. The van der Waals surface area contributed by atoms with Gasteiger partial charge in [-0.2, -0.15) is 0 Å². The molecule has 10 heteroatoms. The zero-order chi connectivity index (χ0) is 38.9. The number of hydrogen-bond acceptors (Lipinski definition) is 7. The van der Waals surface area contributed by atoms with Crippen LogP contribution in [0.1, 0.15) is 46.8 Å². The number of likely N-dealkylation sites (tertiary alicyclic amines) is 1.